The molecular weight excluding hydrogens is 331 g/mol. The summed E-state index contributed by atoms with van der Waals surface area (Å²) in [6.07, 6.45) is 3.40. The van der Waals surface area contributed by atoms with Crippen molar-refractivity contribution in [1.82, 2.24) is 10.2 Å². The highest BCUT2D eigenvalue weighted by atomic mass is 19.1. The summed E-state index contributed by atoms with van der Waals surface area (Å²) in [5, 5.41) is 3.29. The molecule has 1 N–H and O–H groups in total. The van der Waals surface area contributed by atoms with Gasteiger partial charge in [-0.15, -0.1) is 0 Å². The molecule has 1 aliphatic carbocycles. The van der Waals surface area contributed by atoms with E-state index in [1.807, 2.05) is 6.92 Å². The fraction of sp³-hybridized carbons (Fsp3) is 0.667. The predicted octanol–water partition coefficient (Wildman–Crippen LogP) is 3.53. The van der Waals surface area contributed by atoms with E-state index in [-0.39, 0.29) is 29.9 Å². The summed E-state index contributed by atoms with van der Waals surface area (Å²) in [5.74, 6) is 1.05. The first-order valence-corrected chi connectivity index (χ1v) is 9.87. The average Bonchev–Trinajstić information content (AvgIpc) is 2.65. The number of hydrogen-bond acceptors (Lipinski definition) is 3. The Bertz CT molecular complexity index is 607. The van der Waals surface area contributed by atoms with E-state index in [9.17, 15) is 9.18 Å². The average molecular weight is 362 g/mol. The Kier molecular flexibility index (Phi) is 6.30. The molecule has 1 aromatic carbocycles. The van der Waals surface area contributed by atoms with Gasteiger partial charge in [0.1, 0.15) is 5.82 Å². The molecule has 1 aliphatic heterocycles. The highest BCUT2D eigenvalue weighted by Gasteiger charge is 2.32. The van der Waals surface area contributed by atoms with Crippen LogP contribution in [0.2, 0.25) is 0 Å². The number of carbonyl (C=O) groups is 1. The summed E-state index contributed by atoms with van der Waals surface area (Å²) >= 11 is 0. The van der Waals surface area contributed by atoms with Crippen LogP contribution in [0.3, 0.4) is 0 Å². The maximum Gasteiger partial charge on any atom is 0.237 e. The number of carbonyl (C=O) groups excluding carboxylic acids is 1. The Morgan fingerprint density at radius 1 is 1.27 bits per heavy atom. The Morgan fingerprint density at radius 3 is 2.73 bits per heavy atom. The molecule has 2 aliphatic rings. The van der Waals surface area contributed by atoms with Gasteiger partial charge in [-0.3, -0.25) is 9.69 Å². The van der Waals surface area contributed by atoms with Crippen molar-refractivity contribution in [2.45, 2.75) is 58.2 Å². The molecule has 5 heteroatoms. The van der Waals surface area contributed by atoms with Crippen molar-refractivity contribution in [3.8, 4) is 0 Å². The van der Waals surface area contributed by atoms with Crippen LogP contribution in [-0.2, 0) is 9.53 Å². The Balaban J connectivity index is 1.58. The third kappa shape index (κ3) is 4.44. The van der Waals surface area contributed by atoms with E-state index in [1.165, 1.54) is 25.0 Å². The second kappa shape index (κ2) is 8.49. The van der Waals surface area contributed by atoms with Crippen LogP contribution in [0.15, 0.2) is 24.3 Å². The Labute approximate surface area is 156 Å². The van der Waals surface area contributed by atoms with Gasteiger partial charge in [0.2, 0.25) is 5.91 Å². The second-order valence-electron chi connectivity index (χ2n) is 7.96. The van der Waals surface area contributed by atoms with Crippen LogP contribution in [-0.4, -0.2) is 42.6 Å². The molecule has 1 amide bonds. The molecule has 1 aromatic rings. The van der Waals surface area contributed by atoms with Gasteiger partial charge >= 0.3 is 0 Å². The smallest absolute Gasteiger partial charge is 0.237 e. The number of hydrogen-bond donors (Lipinski definition) is 1. The van der Waals surface area contributed by atoms with E-state index in [0.29, 0.717) is 25.0 Å². The molecule has 0 unspecified atom stereocenters. The lowest BCUT2D eigenvalue weighted by molar-refractivity contribution is -0.130. The number of morpholine rings is 1. The molecule has 144 valence electrons. The van der Waals surface area contributed by atoms with E-state index in [1.54, 1.807) is 12.1 Å². The van der Waals surface area contributed by atoms with Crippen LogP contribution in [0, 0.1) is 17.7 Å². The SMILES string of the molecule is C[C@@H]1[C@@H](C)CCC[C@H]1NC(=O)[C@@H](C)N1CCO[C@H](c2ccc(F)cc2)C1. The summed E-state index contributed by atoms with van der Waals surface area (Å²) in [5.41, 5.74) is 0.957. The third-order valence-corrected chi connectivity index (χ3v) is 6.30. The number of halogens is 1. The molecule has 1 heterocycles. The van der Waals surface area contributed by atoms with Gasteiger partial charge in [0, 0.05) is 19.1 Å². The van der Waals surface area contributed by atoms with Crippen molar-refractivity contribution in [3.63, 3.8) is 0 Å². The Hall–Kier alpha value is -1.46. The van der Waals surface area contributed by atoms with Crippen LogP contribution in [0.25, 0.3) is 0 Å². The van der Waals surface area contributed by atoms with Crippen molar-refractivity contribution >= 4 is 5.91 Å². The summed E-state index contributed by atoms with van der Waals surface area (Å²) < 4.78 is 19.0. The number of ether oxygens (including phenoxy) is 1. The molecular formula is C21H31FN2O2. The first kappa shape index (κ1) is 19.3. The summed E-state index contributed by atoms with van der Waals surface area (Å²) in [4.78, 5) is 15.0. The van der Waals surface area contributed by atoms with Gasteiger partial charge in [-0.05, 0) is 42.9 Å². The van der Waals surface area contributed by atoms with Gasteiger partial charge < -0.3 is 10.1 Å². The van der Waals surface area contributed by atoms with Crippen molar-refractivity contribution in [1.29, 1.82) is 0 Å². The van der Waals surface area contributed by atoms with E-state index >= 15 is 0 Å². The number of rotatable bonds is 4. The zero-order valence-corrected chi connectivity index (χ0v) is 16.1. The van der Waals surface area contributed by atoms with Crippen LogP contribution < -0.4 is 5.32 Å². The second-order valence-corrected chi connectivity index (χ2v) is 7.96. The number of nitrogens with one attached hydrogen (secondary N) is 1. The molecule has 1 saturated carbocycles. The van der Waals surface area contributed by atoms with E-state index < -0.39 is 0 Å². The van der Waals surface area contributed by atoms with Gasteiger partial charge in [0.25, 0.3) is 0 Å². The molecule has 0 aromatic heterocycles. The highest BCUT2D eigenvalue weighted by molar-refractivity contribution is 5.81. The minimum atomic E-state index is -0.245. The zero-order valence-electron chi connectivity index (χ0n) is 16.1. The molecule has 1 saturated heterocycles. The predicted molar refractivity (Wildman–Crippen MR) is 100 cm³/mol. The molecule has 0 radical (unpaired) electrons. The molecule has 26 heavy (non-hydrogen) atoms. The fourth-order valence-corrected chi connectivity index (χ4v) is 4.15. The van der Waals surface area contributed by atoms with Gasteiger partial charge in [-0.25, -0.2) is 4.39 Å². The van der Waals surface area contributed by atoms with Crippen LogP contribution in [0.4, 0.5) is 4.39 Å². The number of amides is 1. The minimum absolute atomic E-state index is 0.107. The number of benzene rings is 1. The van der Waals surface area contributed by atoms with E-state index in [2.05, 4.69) is 24.1 Å². The lowest BCUT2D eigenvalue weighted by Gasteiger charge is -2.39. The largest absolute Gasteiger partial charge is 0.371 e. The lowest BCUT2D eigenvalue weighted by atomic mass is 9.78. The maximum absolute atomic E-state index is 13.1. The maximum atomic E-state index is 13.1. The van der Waals surface area contributed by atoms with Crippen LogP contribution >= 0.6 is 0 Å². The summed E-state index contributed by atoms with van der Waals surface area (Å²) in [6, 6.07) is 6.53. The van der Waals surface area contributed by atoms with Gasteiger partial charge in [-0.1, -0.05) is 38.8 Å². The van der Waals surface area contributed by atoms with Crippen LogP contribution in [0.5, 0.6) is 0 Å². The van der Waals surface area contributed by atoms with Crippen molar-refractivity contribution in [2.24, 2.45) is 11.8 Å². The lowest BCUT2D eigenvalue weighted by Crippen LogP contribution is -2.54. The van der Waals surface area contributed by atoms with Crippen molar-refractivity contribution in [3.05, 3.63) is 35.6 Å². The molecule has 0 spiro atoms. The quantitative estimate of drug-likeness (QED) is 0.891. The summed E-state index contributed by atoms with van der Waals surface area (Å²) in [7, 11) is 0. The molecule has 0 bridgehead atoms. The number of nitrogens with zero attached hydrogens (tertiary/aromatic N) is 1. The first-order chi connectivity index (χ1) is 12.5. The molecule has 5 atom stereocenters. The zero-order chi connectivity index (χ0) is 18.7. The molecule has 4 nitrogen and oxygen atoms in total. The molecule has 2 fully saturated rings. The van der Waals surface area contributed by atoms with Crippen LogP contribution in [0.1, 0.15) is 51.7 Å². The molecule has 3 rings (SSSR count). The van der Waals surface area contributed by atoms with Gasteiger partial charge in [0.15, 0.2) is 0 Å². The normalized spacial score (nSPS) is 31.4. The monoisotopic (exact) mass is 362 g/mol. The Morgan fingerprint density at radius 2 is 2.00 bits per heavy atom. The topological polar surface area (TPSA) is 41.6 Å². The van der Waals surface area contributed by atoms with E-state index in [4.69, 9.17) is 4.74 Å². The van der Waals surface area contributed by atoms with Gasteiger partial charge in [0.05, 0.1) is 18.8 Å². The third-order valence-electron chi connectivity index (χ3n) is 6.30. The summed E-state index contributed by atoms with van der Waals surface area (Å²) in [6.45, 7) is 8.47. The highest BCUT2D eigenvalue weighted by Crippen LogP contribution is 2.30. The van der Waals surface area contributed by atoms with Crippen molar-refractivity contribution < 1.29 is 13.9 Å². The first-order valence-electron chi connectivity index (χ1n) is 9.87. The van der Waals surface area contributed by atoms with Crippen molar-refractivity contribution in [2.75, 3.05) is 19.7 Å². The van der Waals surface area contributed by atoms with E-state index in [0.717, 1.165) is 18.5 Å². The minimum Gasteiger partial charge on any atom is -0.371 e. The van der Waals surface area contributed by atoms with Gasteiger partial charge in [-0.2, -0.15) is 0 Å². The fourth-order valence-electron chi connectivity index (χ4n) is 4.15. The standard InChI is InChI=1S/C21H31FN2O2/c1-14-5-4-6-19(15(14)2)23-21(25)16(3)24-11-12-26-20(13-24)17-7-9-18(22)10-8-17/h7-10,14-16,19-20H,4-6,11-13H2,1-3H3,(H,23,25)/t14-,15+,16+,19+,20-/m0/s1.